The minimum Gasteiger partial charge on any atom is -0.508 e. The van der Waals surface area contributed by atoms with Crippen molar-refractivity contribution in [3.63, 3.8) is 0 Å². The standard InChI is InChI=1S/C23H24N4O2S/c28-17-10-8-16(9-11-17)27-22(21(25-23(27)30)19-6-1-2-12-24-19)20-7-3-13-26(20)15-18-5-4-14-29-18/h1-3,6-13,18,21-22,28H,4-5,14-15H2,(H,25,30)/t18-,21-,22+/m0/s1. The molecule has 2 aromatic heterocycles. The van der Waals surface area contributed by atoms with E-state index < -0.39 is 0 Å². The molecule has 2 N–H and O–H groups in total. The number of nitrogens with one attached hydrogen (secondary N) is 1. The van der Waals surface area contributed by atoms with Crippen LogP contribution < -0.4 is 10.2 Å². The van der Waals surface area contributed by atoms with Crippen LogP contribution in [0.2, 0.25) is 0 Å². The van der Waals surface area contributed by atoms with Crippen LogP contribution >= 0.6 is 12.2 Å². The molecule has 0 radical (unpaired) electrons. The second-order valence-electron chi connectivity index (χ2n) is 7.73. The van der Waals surface area contributed by atoms with E-state index in [0.29, 0.717) is 5.11 Å². The average Bonchev–Trinajstić information content (AvgIpc) is 3.50. The molecule has 7 heteroatoms. The fraction of sp³-hybridized carbons (Fsp3) is 0.304. The van der Waals surface area contributed by atoms with Gasteiger partial charge >= 0.3 is 0 Å². The summed E-state index contributed by atoms with van der Waals surface area (Å²) in [5.74, 6) is 0.233. The minimum absolute atomic E-state index is 0.0756. The third-order valence-corrected chi connectivity index (χ3v) is 6.13. The third kappa shape index (κ3) is 3.55. The van der Waals surface area contributed by atoms with Gasteiger partial charge in [-0.05, 0) is 73.6 Å². The van der Waals surface area contributed by atoms with Crippen molar-refractivity contribution < 1.29 is 9.84 Å². The van der Waals surface area contributed by atoms with E-state index in [1.807, 2.05) is 36.5 Å². The van der Waals surface area contributed by atoms with E-state index in [9.17, 15) is 5.11 Å². The Morgan fingerprint density at radius 1 is 1.13 bits per heavy atom. The van der Waals surface area contributed by atoms with Gasteiger partial charge in [-0.2, -0.15) is 0 Å². The number of phenols is 1. The number of benzene rings is 1. The number of anilines is 1. The summed E-state index contributed by atoms with van der Waals surface area (Å²) in [5, 5.41) is 13.9. The Morgan fingerprint density at radius 3 is 2.73 bits per heavy atom. The zero-order chi connectivity index (χ0) is 20.5. The van der Waals surface area contributed by atoms with Crippen LogP contribution in [0.4, 0.5) is 5.69 Å². The quantitative estimate of drug-likeness (QED) is 0.610. The normalized spacial score (nSPS) is 23.7. The minimum atomic E-state index is -0.0920. The number of thiocarbonyl (C=S) groups is 1. The first-order valence-electron chi connectivity index (χ1n) is 10.3. The second-order valence-corrected chi connectivity index (χ2v) is 8.12. The number of ether oxygens (including phenoxy) is 1. The van der Waals surface area contributed by atoms with E-state index in [1.165, 1.54) is 0 Å². The highest BCUT2D eigenvalue weighted by Gasteiger charge is 2.42. The van der Waals surface area contributed by atoms with Gasteiger partial charge in [0.2, 0.25) is 0 Å². The molecule has 2 aliphatic rings. The summed E-state index contributed by atoms with van der Waals surface area (Å²) in [6.07, 6.45) is 6.37. The molecule has 3 atom stereocenters. The summed E-state index contributed by atoms with van der Waals surface area (Å²) in [4.78, 5) is 6.73. The number of aromatic nitrogens is 2. The van der Waals surface area contributed by atoms with Gasteiger partial charge in [0.25, 0.3) is 0 Å². The number of hydrogen-bond acceptors (Lipinski definition) is 4. The van der Waals surface area contributed by atoms with Crippen LogP contribution in [0.25, 0.3) is 0 Å². The number of hydrogen-bond donors (Lipinski definition) is 2. The van der Waals surface area contributed by atoms with Gasteiger partial charge in [-0.15, -0.1) is 0 Å². The first-order chi connectivity index (χ1) is 14.7. The predicted molar refractivity (Wildman–Crippen MR) is 119 cm³/mol. The molecule has 0 saturated carbocycles. The van der Waals surface area contributed by atoms with Gasteiger partial charge in [-0.25, -0.2) is 0 Å². The van der Waals surface area contributed by atoms with E-state index in [4.69, 9.17) is 17.0 Å². The van der Waals surface area contributed by atoms with E-state index in [-0.39, 0.29) is 23.9 Å². The number of phenolic OH excluding ortho intramolecular Hbond substituents is 1. The summed E-state index contributed by atoms with van der Waals surface area (Å²) < 4.78 is 8.16. The lowest BCUT2D eigenvalue weighted by Gasteiger charge is -2.29. The fourth-order valence-electron chi connectivity index (χ4n) is 4.42. The monoisotopic (exact) mass is 420 g/mol. The SMILES string of the molecule is Oc1ccc(N2C(=S)N[C@@H](c3ccccn3)[C@H]2c2cccn2C[C@@H]2CCCO2)cc1. The molecule has 4 heterocycles. The van der Waals surface area contributed by atoms with Gasteiger partial charge < -0.3 is 24.6 Å². The summed E-state index contributed by atoms with van der Waals surface area (Å²) in [6, 6.07) is 17.2. The van der Waals surface area contributed by atoms with Crippen molar-refractivity contribution in [1.29, 1.82) is 0 Å². The lowest BCUT2D eigenvalue weighted by atomic mass is 10.0. The third-order valence-electron chi connectivity index (χ3n) is 5.82. The molecule has 30 heavy (non-hydrogen) atoms. The van der Waals surface area contributed by atoms with Crippen LogP contribution in [-0.4, -0.2) is 32.5 Å². The maximum Gasteiger partial charge on any atom is 0.174 e. The summed E-state index contributed by atoms with van der Waals surface area (Å²) in [7, 11) is 0. The van der Waals surface area contributed by atoms with Crippen LogP contribution in [0, 0.1) is 0 Å². The van der Waals surface area contributed by atoms with Crippen LogP contribution in [-0.2, 0) is 11.3 Å². The van der Waals surface area contributed by atoms with Crippen molar-refractivity contribution in [2.45, 2.75) is 37.6 Å². The maximum atomic E-state index is 9.75. The Bertz CT molecular complexity index is 1020. The molecular formula is C23H24N4O2S. The number of rotatable bonds is 5. The molecule has 0 unspecified atom stereocenters. The maximum absolute atomic E-state index is 9.75. The highest BCUT2D eigenvalue weighted by atomic mass is 32.1. The van der Waals surface area contributed by atoms with Gasteiger partial charge in [-0.1, -0.05) is 6.07 Å². The van der Waals surface area contributed by atoms with E-state index in [0.717, 1.165) is 43.1 Å². The fourth-order valence-corrected chi connectivity index (χ4v) is 4.76. The number of nitrogens with zero attached hydrogens (tertiary/aromatic N) is 3. The Kier molecular flexibility index (Phi) is 5.14. The number of pyridine rings is 1. The highest BCUT2D eigenvalue weighted by molar-refractivity contribution is 7.80. The largest absolute Gasteiger partial charge is 0.508 e. The van der Waals surface area contributed by atoms with Crippen molar-refractivity contribution in [2.24, 2.45) is 0 Å². The Balaban J connectivity index is 1.57. The smallest absolute Gasteiger partial charge is 0.174 e. The predicted octanol–water partition coefficient (Wildman–Crippen LogP) is 3.94. The molecule has 154 valence electrons. The summed E-state index contributed by atoms with van der Waals surface area (Å²) in [6.45, 7) is 1.66. The summed E-state index contributed by atoms with van der Waals surface area (Å²) in [5.41, 5.74) is 3.02. The molecule has 1 aromatic carbocycles. The molecule has 2 saturated heterocycles. The molecule has 2 fully saturated rings. The molecule has 3 aromatic rings. The molecular weight excluding hydrogens is 396 g/mol. The van der Waals surface area contributed by atoms with Crippen LogP contribution in [0.3, 0.4) is 0 Å². The van der Waals surface area contributed by atoms with Crippen molar-refractivity contribution in [2.75, 3.05) is 11.5 Å². The molecule has 2 aliphatic heterocycles. The molecule has 6 nitrogen and oxygen atoms in total. The van der Waals surface area contributed by atoms with Crippen LogP contribution in [0.1, 0.15) is 36.3 Å². The van der Waals surface area contributed by atoms with Gasteiger partial charge in [0, 0.05) is 36.9 Å². The summed E-state index contributed by atoms with van der Waals surface area (Å²) >= 11 is 5.76. The lowest BCUT2D eigenvalue weighted by Crippen LogP contribution is -2.31. The Morgan fingerprint density at radius 2 is 2.00 bits per heavy atom. The zero-order valence-corrected chi connectivity index (χ0v) is 17.3. The average molecular weight is 421 g/mol. The van der Waals surface area contributed by atoms with E-state index in [1.54, 1.807) is 12.1 Å². The topological polar surface area (TPSA) is 62.5 Å². The molecule has 0 aliphatic carbocycles. The first-order valence-corrected chi connectivity index (χ1v) is 10.7. The zero-order valence-electron chi connectivity index (χ0n) is 16.5. The van der Waals surface area contributed by atoms with Crippen molar-refractivity contribution in [3.05, 3.63) is 78.4 Å². The van der Waals surface area contributed by atoms with Crippen molar-refractivity contribution >= 4 is 23.0 Å². The first kappa shape index (κ1) is 19.1. The lowest BCUT2D eigenvalue weighted by molar-refractivity contribution is 0.0961. The van der Waals surface area contributed by atoms with E-state index >= 15 is 0 Å². The van der Waals surface area contributed by atoms with Gasteiger partial charge in [0.15, 0.2) is 5.11 Å². The van der Waals surface area contributed by atoms with Gasteiger partial charge in [0.05, 0.1) is 17.8 Å². The van der Waals surface area contributed by atoms with Gasteiger partial charge in [0.1, 0.15) is 11.8 Å². The molecule has 0 bridgehead atoms. The van der Waals surface area contributed by atoms with Crippen molar-refractivity contribution in [3.8, 4) is 5.75 Å². The highest BCUT2D eigenvalue weighted by Crippen LogP contribution is 2.42. The number of aromatic hydroxyl groups is 1. The molecule has 0 spiro atoms. The molecule has 0 amide bonds. The van der Waals surface area contributed by atoms with Crippen LogP contribution in [0.5, 0.6) is 5.75 Å². The Labute approximate surface area is 181 Å². The van der Waals surface area contributed by atoms with E-state index in [2.05, 4.69) is 38.1 Å². The second kappa shape index (κ2) is 8.08. The Hall–Kier alpha value is -2.90. The molecule has 5 rings (SSSR count). The van der Waals surface area contributed by atoms with Crippen molar-refractivity contribution in [1.82, 2.24) is 14.9 Å². The van der Waals surface area contributed by atoms with Crippen LogP contribution in [0.15, 0.2) is 67.0 Å². The van der Waals surface area contributed by atoms with Gasteiger partial charge in [-0.3, -0.25) is 4.98 Å².